The van der Waals surface area contributed by atoms with Gasteiger partial charge in [-0.2, -0.15) is 5.26 Å². The summed E-state index contributed by atoms with van der Waals surface area (Å²) < 4.78 is 16.7. The molecule has 3 aromatic carbocycles. The second-order valence-corrected chi connectivity index (χ2v) is 8.66. The summed E-state index contributed by atoms with van der Waals surface area (Å²) in [4.78, 5) is 28.2. The fourth-order valence-electron chi connectivity index (χ4n) is 4.31. The minimum atomic E-state index is -1.00. The van der Waals surface area contributed by atoms with Crippen molar-refractivity contribution in [3.8, 4) is 23.3 Å². The van der Waals surface area contributed by atoms with E-state index in [1.54, 1.807) is 61.5 Å². The van der Waals surface area contributed by atoms with E-state index in [1.165, 1.54) is 18.1 Å². The zero-order chi connectivity index (χ0) is 27.4. The number of nitriles is 1. The third kappa shape index (κ3) is 4.89. The highest BCUT2D eigenvalue weighted by molar-refractivity contribution is 6.51. The molecule has 0 bridgehead atoms. The van der Waals surface area contributed by atoms with Crippen molar-refractivity contribution in [2.75, 3.05) is 25.2 Å². The third-order valence-electron chi connectivity index (χ3n) is 6.03. The van der Waals surface area contributed by atoms with Crippen LogP contribution in [0.4, 0.5) is 5.69 Å². The molecule has 1 fully saturated rings. The molecule has 0 radical (unpaired) electrons. The van der Waals surface area contributed by atoms with Crippen LogP contribution in [0.25, 0.3) is 5.76 Å². The number of ether oxygens (including phenoxy) is 3. The second kappa shape index (κ2) is 11.3. The molecule has 0 aliphatic carbocycles. The molecule has 1 unspecified atom stereocenters. The van der Waals surface area contributed by atoms with E-state index in [-0.39, 0.29) is 16.9 Å². The smallest absolute Gasteiger partial charge is 0.300 e. The minimum Gasteiger partial charge on any atom is -0.507 e. The maximum absolute atomic E-state index is 13.4. The zero-order valence-corrected chi connectivity index (χ0v) is 21.8. The highest BCUT2D eigenvalue weighted by Crippen LogP contribution is 2.44. The van der Waals surface area contributed by atoms with Gasteiger partial charge in [0, 0.05) is 11.3 Å². The predicted octanol–water partition coefficient (Wildman–Crippen LogP) is 5.64. The van der Waals surface area contributed by atoms with Gasteiger partial charge in [-0.15, -0.1) is 0 Å². The van der Waals surface area contributed by atoms with Crippen molar-refractivity contribution in [3.05, 3.63) is 87.9 Å². The van der Waals surface area contributed by atoms with Gasteiger partial charge < -0.3 is 19.3 Å². The van der Waals surface area contributed by atoms with Gasteiger partial charge in [0.15, 0.2) is 11.5 Å². The molecule has 8 nitrogen and oxygen atoms in total. The molecule has 1 aliphatic rings. The number of carbonyl (C=O) groups is 2. The van der Waals surface area contributed by atoms with E-state index in [1.807, 2.05) is 13.0 Å². The van der Waals surface area contributed by atoms with Crippen LogP contribution in [0.3, 0.4) is 0 Å². The summed E-state index contributed by atoms with van der Waals surface area (Å²) in [6.07, 6.45) is 0. The molecule has 1 saturated heterocycles. The quantitative estimate of drug-likeness (QED) is 0.227. The van der Waals surface area contributed by atoms with Gasteiger partial charge >= 0.3 is 0 Å². The normalized spacial score (nSPS) is 16.3. The first kappa shape index (κ1) is 26.6. The molecule has 0 spiro atoms. The van der Waals surface area contributed by atoms with Crippen LogP contribution in [0.5, 0.6) is 17.2 Å². The third-order valence-corrected chi connectivity index (χ3v) is 6.34. The van der Waals surface area contributed by atoms with Crippen LogP contribution in [0.15, 0.2) is 66.2 Å². The summed E-state index contributed by atoms with van der Waals surface area (Å²) in [5.41, 5.74) is 1.44. The number of ketones is 1. The van der Waals surface area contributed by atoms with E-state index < -0.39 is 17.7 Å². The molecule has 0 aromatic heterocycles. The number of hydrogen-bond donors (Lipinski definition) is 1. The first-order chi connectivity index (χ1) is 18.3. The highest BCUT2D eigenvalue weighted by atomic mass is 35.5. The maximum atomic E-state index is 13.4. The first-order valence-electron chi connectivity index (χ1n) is 11.9. The summed E-state index contributed by atoms with van der Waals surface area (Å²) in [5.74, 6) is -0.837. The van der Waals surface area contributed by atoms with Gasteiger partial charge in [-0.1, -0.05) is 17.7 Å². The van der Waals surface area contributed by atoms with Crippen molar-refractivity contribution in [2.45, 2.75) is 19.9 Å². The average molecular weight is 533 g/mol. The Morgan fingerprint density at radius 1 is 0.974 bits per heavy atom. The largest absolute Gasteiger partial charge is 0.507 e. The summed E-state index contributed by atoms with van der Waals surface area (Å²) in [7, 11) is 1.51. The Morgan fingerprint density at radius 2 is 1.66 bits per heavy atom. The lowest BCUT2D eigenvalue weighted by atomic mass is 9.94. The van der Waals surface area contributed by atoms with Crippen LogP contribution in [0.2, 0.25) is 5.02 Å². The van der Waals surface area contributed by atoms with E-state index >= 15 is 0 Å². The molecule has 194 valence electrons. The van der Waals surface area contributed by atoms with Crippen molar-refractivity contribution in [1.82, 2.24) is 0 Å². The Balaban J connectivity index is 1.95. The van der Waals surface area contributed by atoms with Crippen LogP contribution >= 0.6 is 11.6 Å². The maximum Gasteiger partial charge on any atom is 0.300 e. The van der Waals surface area contributed by atoms with Crippen LogP contribution < -0.4 is 19.1 Å². The number of aliphatic hydroxyl groups is 1. The number of halogens is 1. The number of amides is 1. The van der Waals surface area contributed by atoms with Gasteiger partial charge in [-0.3, -0.25) is 14.5 Å². The van der Waals surface area contributed by atoms with Crippen molar-refractivity contribution >= 4 is 34.7 Å². The summed E-state index contributed by atoms with van der Waals surface area (Å²) in [5, 5.41) is 21.0. The Morgan fingerprint density at radius 3 is 2.29 bits per heavy atom. The number of hydrogen-bond acceptors (Lipinski definition) is 7. The van der Waals surface area contributed by atoms with Gasteiger partial charge in [-0.25, -0.2) is 0 Å². The van der Waals surface area contributed by atoms with Gasteiger partial charge in [0.2, 0.25) is 0 Å². The molecule has 1 amide bonds. The molecule has 1 N–H and O–H groups in total. The molecule has 9 heteroatoms. The van der Waals surface area contributed by atoms with Crippen LogP contribution in [0, 0.1) is 11.3 Å². The minimum absolute atomic E-state index is 0.114. The molecule has 1 atom stereocenters. The number of anilines is 1. The van der Waals surface area contributed by atoms with E-state index in [9.17, 15) is 20.0 Å². The molecule has 3 aromatic rings. The molecule has 4 rings (SSSR count). The fourth-order valence-corrected chi connectivity index (χ4v) is 4.49. The highest BCUT2D eigenvalue weighted by Gasteiger charge is 2.47. The molecule has 0 saturated carbocycles. The van der Waals surface area contributed by atoms with Crippen molar-refractivity contribution in [2.24, 2.45) is 0 Å². The first-order valence-corrected chi connectivity index (χ1v) is 12.3. The number of benzene rings is 3. The number of Topliss-reactive ketones (excluding diaryl/α,β-unsaturated/α-hetero) is 1. The Hall–Kier alpha value is -4.48. The Labute approximate surface area is 225 Å². The lowest BCUT2D eigenvalue weighted by molar-refractivity contribution is -0.132. The summed E-state index contributed by atoms with van der Waals surface area (Å²) in [6.45, 7) is 4.33. The monoisotopic (exact) mass is 532 g/mol. The van der Waals surface area contributed by atoms with E-state index in [0.29, 0.717) is 52.3 Å². The van der Waals surface area contributed by atoms with Gasteiger partial charge in [0.25, 0.3) is 11.7 Å². The number of rotatable bonds is 8. The number of methoxy groups -OCH3 is 1. The Kier molecular flexibility index (Phi) is 7.89. The number of carbonyl (C=O) groups excluding carboxylic acids is 2. The number of nitrogens with zero attached hydrogens (tertiary/aromatic N) is 2. The number of aliphatic hydroxyl groups excluding tert-OH is 1. The van der Waals surface area contributed by atoms with E-state index in [2.05, 4.69) is 0 Å². The van der Waals surface area contributed by atoms with Crippen molar-refractivity contribution < 1.29 is 28.9 Å². The van der Waals surface area contributed by atoms with Gasteiger partial charge in [0.1, 0.15) is 11.5 Å². The van der Waals surface area contributed by atoms with Crippen LogP contribution in [-0.4, -0.2) is 37.1 Å². The van der Waals surface area contributed by atoms with Crippen LogP contribution in [-0.2, 0) is 9.59 Å². The fraction of sp³-hybridized carbons (Fsp3) is 0.207. The summed E-state index contributed by atoms with van der Waals surface area (Å²) >= 11 is 6.22. The zero-order valence-electron chi connectivity index (χ0n) is 21.0. The molecular weight excluding hydrogens is 508 g/mol. The van der Waals surface area contributed by atoms with Gasteiger partial charge in [-0.05, 0) is 74.0 Å². The molecule has 1 heterocycles. The lowest BCUT2D eigenvalue weighted by Gasteiger charge is -2.26. The lowest BCUT2D eigenvalue weighted by Crippen LogP contribution is -2.29. The van der Waals surface area contributed by atoms with Crippen LogP contribution in [0.1, 0.15) is 36.6 Å². The second-order valence-electron chi connectivity index (χ2n) is 8.25. The van der Waals surface area contributed by atoms with Crippen molar-refractivity contribution in [1.29, 1.82) is 5.26 Å². The van der Waals surface area contributed by atoms with Gasteiger partial charge in [0.05, 0.1) is 48.6 Å². The predicted molar refractivity (Wildman–Crippen MR) is 143 cm³/mol. The Bertz CT molecular complexity index is 1460. The summed E-state index contributed by atoms with van der Waals surface area (Å²) in [6, 6.07) is 17.0. The molecular formula is C29H25ClN2O6. The standard InChI is InChI=1S/C29H25ClN2O6/c1-4-37-23-15-19(8-12-21(23)30)27(33)25-26(18-9-13-22(36-3)24(14-18)38-5-2)32(29(35)28(25)34)20-10-6-17(16-31)7-11-20/h6-15,26,33H,4-5H2,1-3H3/b27-25-. The van der Waals surface area contributed by atoms with E-state index in [0.717, 1.165) is 0 Å². The molecule has 1 aliphatic heterocycles. The SMILES string of the molecule is CCOc1cc(/C(O)=C2/C(=O)C(=O)N(c3ccc(C#N)cc3)C2c2ccc(OC)c(OCC)c2)ccc1Cl. The average Bonchev–Trinajstić information content (AvgIpc) is 3.20. The topological polar surface area (TPSA) is 109 Å². The van der Waals surface area contributed by atoms with E-state index in [4.69, 9.17) is 25.8 Å². The van der Waals surface area contributed by atoms with Crippen molar-refractivity contribution in [3.63, 3.8) is 0 Å². The molecule has 38 heavy (non-hydrogen) atoms.